The molecule has 0 aliphatic rings. The Hall–Kier alpha value is -2.55. The minimum atomic E-state index is -0.438. The summed E-state index contributed by atoms with van der Waals surface area (Å²) in [6.45, 7) is 6.73. The van der Waals surface area contributed by atoms with Crippen LogP contribution in [-0.4, -0.2) is 27.6 Å². The van der Waals surface area contributed by atoms with Gasteiger partial charge in [-0.1, -0.05) is 32.1 Å². The van der Waals surface area contributed by atoms with Crippen LogP contribution in [0.15, 0.2) is 24.3 Å². The zero-order valence-electron chi connectivity index (χ0n) is 14.4. The summed E-state index contributed by atoms with van der Waals surface area (Å²) in [5, 5.41) is 25.9. The number of carbonyl (C=O) groups is 1. The third-order valence-corrected chi connectivity index (χ3v) is 4.57. The van der Waals surface area contributed by atoms with Crippen LogP contribution in [0.5, 0.6) is 0 Å². The van der Waals surface area contributed by atoms with Crippen molar-refractivity contribution in [2.75, 3.05) is 17.2 Å². The standard InChI is InChI=1S/C16H21N5O3S/c1-16(2,3)14-19-20-15(25-14)18-13(22)5-4-10-17-11-6-8-12(9-7-11)21(23)24/h6-9,17H,4-5,10H2,1-3H3,(H,18,20,22). The maximum Gasteiger partial charge on any atom is 0.269 e. The quantitative estimate of drug-likeness (QED) is 0.442. The molecule has 1 aromatic carbocycles. The number of aromatic nitrogens is 2. The van der Waals surface area contributed by atoms with E-state index in [1.54, 1.807) is 12.1 Å². The average molecular weight is 363 g/mol. The molecule has 2 aromatic rings. The molecule has 2 rings (SSSR count). The number of nitro benzene ring substituents is 1. The molecule has 1 heterocycles. The number of benzene rings is 1. The predicted octanol–water partition coefficient (Wildman–Crippen LogP) is 3.57. The third kappa shape index (κ3) is 5.79. The highest BCUT2D eigenvalue weighted by atomic mass is 32.1. The summed E-state index contributed by atoms with van der Waals surface area (Å²) < 4.78 is 0. The van der Waals surface area contributed by atoms with E-state index in [1.165, 1.54) is 23.5 Å². The van der Waals surface area contributed by atoms with Crippen LogP contribution in [0.25, 0.3) is 0 Å². The Kier molecular flexibility index (Phi) is 6.02. The number of nitrogens with one attached hydrogen (secondary N) is 2. The van der Waals surface area contributed by atoms with Crippen molar-refractivity contribution in [3.05, 3.63) is 39.4 Å². The van der Waals surface area contributed by atoms with E-state index in [1.807, 2.05) is 20.8 Å². The lowest BCUT2D eigenvalue weighted by Gasteiger charge is -2.12. The fourth-order valence-corrected chi connectivity index (χ4v) is 2.76. The molecule has 0 atom stereocenters. The Balaban J connectivity index is 1.71. The maximum absolute atomic E-state index is 11.9. The monoisotopic (exact) mass is 363 g/mol. The van der Waals surface area contributed by atoms with Gasteiger partial charge in [-0.2, -0.15) is 0 Å². The number of anilines is 2. The van der Waals surface area contributed by atoms with Crippen LogP contribution in [0.1, 0.15) is 38.6 Å². The van der Waals surface area contributed by atoms with Crippen molar-refractivity contribution in [2.45, 2.75) is 39.0 Å². The Morgan fingerprint density at radius 3 is 2.48 bits per heavy atom. The van der Waals surface area contributed by atoms with Crippen molar-refractivity contribution in [3.8, 4) is 0 Å². The number of rotatable bonds is 7. The number of hydrogen-bond acceptors (Lipinski definition) is 7. The van der Waals surface area contributed by atoms with Gasteiger partial charge in [0.25, 0.3) is 5.69 Å². The summed E-state index contributed by atoms with van der Waals surface area (Å²) in [6, 6.07) is 6.18. The number of nitro groups is 1. The number of carbonyl (C=O) groups excluding carboxylic acids is 1. The van der Waals surface area contributed by atoms with Crippen molar-refractivity contribution in [2.24, 2.45) is 0 Å². The zero-order chi connectivity index (χ0) is 18.4. The fraction of sp³-hybridized carbons (Fsp3) is 0.438. The zero-order valence-corrected chi connectivity index (χ0v) is 15.2. The lowest BCUT2D eigenvalue weighted by molar-refractivity contribution is -0.384. The lowest BCUT2D eigenvalue weighted by Crippen LogP contribution is -2.13. The van der Waals surface area contributed by atoms with Gasteiger partial charge in [-0.25, -0.2) is 0 Å². The molecule has 1 amide bonds. The summed E-state index contributed by atoms with van der Waals surface area (Å²) in [7, 11) is 0. The predicted molar refractivity (Wildman–Crippen MR) is 98.1 cm³/mol. The summed E-state index contributed by atoms with van der Waals surface area (Å²) in [4.78, 5) is 22.1. The molecular formula is C16H21N5O3S. The summed E-state index contributed by atoms with van der Waals surface area (Å²) >= 11 is 1.38. The molecule has 134 valence electrons. The molecule has 0 bridgehead atoms. The van der Waals surface area contributed by atoms with Gasteiger partial charge < -0.3 is 10.6 Å². The fourth-order valence-electron chi connectivity index (χ4n) is 1.94. The molecule has 0 unspecified atom stereocenters. The molecule has 0 spiro atoms. The molecule has 1 aromatic heterocycles. The molecule has 0 aliphatic heterocycles. The molecule has 0 saturated carbocycles. The SMILES string of the molecule is CC(C)(C)c1nnc(NC(=O)CCCNc2ccc([N+](=O)[O-])cc2)s1. The van der Waals surface area contributed by atoms with E-state index >= 15 is 0 Å². The summed E-state index contributed by atoms with van der Waals surface area (Å²) in [5.41, 5.74) is 0.747. The van der Waals surface area contributed by atoms with Gasteiger partial charge in [-0.3, -0.25) is 14.9 Å². The second kappa shape index (κ2) is 8.02. The third-order valence-electron chi connectivity index (χ3n) is 3.30. The first-order valence-electron chi connectivity index (χ1n) is 7.88. The Morgan fingerprint density at radius 1 is 1.24 bits per heavy atom. The molecule has 0 radical (unpaired) electrons. The minimum Gasteiger partial charge on any atom is -0.385 e. The van der Waals surface area contributed by atoms with Gasteiger partial charge in [-0.15, -0.1) is 10.2 Å². The molecule has 25 heavy (non-hydrogen) atoms. The first-order valence-corrected chi connectivity index (χ1v) is 8.69. The number of nitrogens with zero attached hydrogens (tertiary/aromatic N) is 3. The Labute approximate surface area is 149 Å². The smallest absolute Gasteiger partial charge is 0.269 e. The van der Waals surface area contributed by atoms with Crippen LogP contribution in [0, 0.1) is 10.1 Å². The highest BCUT2D eigenvalue weighted by Crippen LogP contribution is 2.27. The number of hydrogen-bond donors (Lipinski definition) is 2. The summed E-state index contributed by atoms with van der Waals surface area (Å²) in [5.74, 6) is -0.109. The topological polar surface area (TPSA) is 110 Å². The van der Waals surface area contributed by atoms with Crippen LogP contribution >= 0.6 is 11.3 Å². The molecule has 0 fully saturated rings. The second-order valence-corrected chi connectivity index (χ2v) is 7.52. The van der Waals surface area contributed by atoms with Gasteiger partial charge in [0.2, 0.25) is 11.0 Å². The van der Waals surface area contributed by atoms with Crippen molar-refractivity contribution in [3.63, 3.8) is 0 Å². The molecule has 8 nitrogen and oxygen atoms in total. The van der Waals surface area contributed by atoms with Crippen molar-refractivity contribution in [1.29, 1.82) is 0 Å². The molecular weight excluding hydrogens is 342 g/mol. The molecule has 0 aliphatic carbocycles. The second-order valence-electron chi connectivity index (χ2n) is 6.54. The van der Waals surface area contributed by atoms with E-state index < -0.39 is 4.92 Å². The van der Waals surface area contributed by atoms with E-state index in [9.17, 15) is 14.9 Å². The van der Waals surface area contributed by atoms with Crippen molar-refractivity contribution in [1.82, 2.24) is 10.2 Å². The van der Waals surface area contributed by atoms with Gasteiger partial charge in [0, 0.05) is 36.2 Å². The Morgan fingerprint density at radius 2 is 1.92 bits per heavy atom. The van der Waals surface area contributed by atoms with Crippen LogP contribution in [-0.2, 0) is 10.2 Å². The van der Waals surface area contributed by atoms with Gasteiger partial charge in [0.15, 0.2) is 0 Å². The maximum atomic E-state index is 11.9. The van der Waals surface area contributed by atoms with Crippen LogP contribution in [0.2, 0.25) is 0 Å². The first-order chi connectivity index (χ1) is 11.8. The highest BCUT2D eigenvalue weighted by molar-refractivity contribution is 7.15. The van der Waals surface area contributed by atoms with E-state index in [0.717, 1.165) is 10.7 Å². The van der Waals surface area contributed by atoms with E-state index in [0.29, 0.717) is 24.5 Å². The van der Waals surface area contributed by atoms with E-state index in [4.69, 9.17) is 0 Å². The summed E-state index contributed by atoms with van der Waals surface area (Å²) in [6.07, 6.45) is 0.984. The lowest BCUT2D eigenvalue weighted by atomic mass is 9.98. The first kappa shape index (κ1) is 18.8. The van der Waals surface area contributed by atoms with Gasteiger partial charge in [0.1, 0.15) is 5.01 Å². The van der Waals surface area contributed by atoms with Crippen molar-refractivity contribution < 1.29 is 9.72 Å². The Bertz CT molecular complexity index is 737. The van der Waals surface area contributed by atoms with E-state index in [-0.39, 0.29) is 17.0 Å². The minimum absolute atomic E-state index is 0.0524. The number of non-ortho nitro benzene ring substituents is 1. The number of amides is 1. The normalized spacial score (nSPS) is 11.2. The van der Waals surface area contributed by atoms with Crippen LogP contribution in [0.4, 0.5) is 16.5 Å². The molecule has 0 saturated heterocycles. The van der Waals surface area contributed by atoms with Gasteiger partial charge >= 0.3 is 0 Å². The van der Waals surface area contributed by atoms with Crippen LogP contribution < -0.4 is 10.6 Å². The highest BCUT2D eigenvalue weighted by Gasteiger charge is 2.19. The van der Waals surface area contributed by atoms with Gasteiger partial charge in [0.05, 0.1) is 4.92 Å². The largest absolute Gasteiger partial charge is 0.385 e. The van der Waals surface area contributed by atoms with Crippen LogP contribution in [0.3, 0.4) is 0 Å². The molecule has 2 N–H and O–H groups in total. The van der Waals surface area contributed by atoms with E-state index in [2.05, 4.69) is 20.8 Å². The van der Waals surface area contributed by atoms with Gasteiger partial charge in [-0.05, 0) is 18.6 Å². The molecule has 9 heteroatoms. The average Bonchev–Trinajstić information content (AvgIpc) is 3.00. The van der Waals surface area contributed by atoms with Crippen molar-refractivity contribution >= 4 is 33.8 Å².